The Morgan fingerprint density at radius 1 is 1.17 bits per heavy atom. The van der Waals surface area contributed by atoms with Gasteiger partial charge in [0, 0.05) is 11.8 Å². The van der Waals surface area contributed by atoms with Crippen LogP contribution in [0.3, 0.4) is 0 Å². The van der Waals surface area contributed by atoms with E-state index < -0.39 is 41.6 Å². The van der Waals surface area contributed by atoms with Crippen molar-refractivity contribution in [1.29, 1.82) is 0 Å². The van der Waals surface area contributed by atoms with Crippen molar-refractivity contribution >= 4 is 11.8 Å². The molecule has 4 aliphatic carbocycles. The summed E-state index contributed by atoms with van der Waals surface area (Å²) in [5.41, 5.74) is -0.928. The molecule has 0 spiro atoms. The maximum atomic E-state index is 13.0. The molecule has 4 aliphatic rings. The van der Waals surface area contributed by atoms with Gasteiger partial charge in [-0.2, -0.15) is 0 Å². The number of hydrogen-bond donors (Lipinski definition) is 3. The fourth-order valence-electron chi connectivity index (χ4n) is 7.90. The van der Waals surface area contributed by atoms with Crippen LogP contribution >= 0.6 is 0 Å². The molecule has 0 saturated heterocycles. The van der Waals surface area contributed by atoms with Gasteiger partial charge in [-0.3, -0.25) is 9.59 Å². The van der Waals surface area contributed by atoms with Crippen LogP contribution in [0.5, 0.6) is 0 Å². The monoisotopic (exact) mass is 420 g/mol. The Morgan fingerprint density at radius 3 is 2.57 bits per heavy atom. The van der Waals surface area contributed by atoms with Gasteiger partial charge in [0.25, 0.3) is 0 Å². The van der Waals surface area contributed by atoms with Crippen molar-refractivity contribution in [2.45, 2.75) is 89.9 Å². The minimum absolute atomic E-state index is 0.0741. The van der Waals surface area contributed by atoms with Gasteiger partial charge in [0.1, 0.15) is 6.61 Å². The number of Topliss-reactive ketones (excluding diaryl/α,β-unsaturated/α-hetero) is 1. The number of carbonyl (C=O) groups is 2. The van der Waals surface area contributed by atoms with E-state index in [0.717, 1.165) is 25.7 Å². The summed E-state index contributed by atoms with van der Waals surface area (Å²) in [7, 11) is 0. The lowest BCUT2D eigenvalue weighted by Crippen LogP contribution is -2.63. The van der Waals surface area contributed by atoms with Gasteiger partial charge in [-0.1, -0.05) is 32.4 Å². The lowest BCUT2D eigenvalue weighted by atomic mass is 9.45. The number of rotatable bonds is 4. The Labute approximate surface area is 178 Å². The first-order valence-corrected chi connectivity index (χ1v) is 11.6. The SMILES string of the molecule is CCC(=O)O[C@]1(C(=O)CO)CC[C@H]2[C@@H]3CCC4=CC(O)CC[C@]4(C)[C@H]3[C@@H](O)C[C@@]21C. The highest BCUT2D eigenvalue weighted by Crippen LogP contribution is 2.68. The summed E-state index contributed by atoms with van der Waals surface area (Å²) in [6.07, 6.45) is 6.05. The molecular formula is C24H36O6. The van der Waals surface area contributed by atoms with Gasteiger partial charge in [0.2, 0.25) is 5.78 Å². The molecular weight excluding hydrogens is 384 g/mol. The van der Waals surface area contributed by atoms with Crippen LogP contribution in [0, 0.1) is 28.6 Å². The lowest BCUT2D eigenvalue weighted by molar-refractivity contribution is -0.202. The minimum atomic E-state index is -1.36. The Morgan fingerprint density at radius 2 is 1.90 bits per heavy atom. The lowest BCUT2D eigenvalue weighted by Gasteiger charge is -2.61. The van der Waals surface area contributed by atoms with Crippen LogP contribution in [0.25, 0.3) is 0 Å². The number of aliphatic hydroxyl groups excluding tert-OH is 3. The summed E-state index contributed by atoms with van der Waals surface area (Å²) in [6.45, 7) is 5.25. The summed E-state index contributed by atoms with van der Waals surface area (Å²) in [6, 6.07) is 0. The van der Waals surface area contributed by atoms with E-state index in [1.807, 2.05) is 13.0 Å². The Bertz CT molecular complexity index is 761. The third-order valence-corrected chi connectivity index (χ3v) is 9.31. The molecule has 4 rings (SSSR count). The molecule has 0 aromatic rings. The van der Waals surface area contributed by atoms with E-state index in [-0.39, 0.29) is 29.6 Å². The highest BCUT2D eigenvalue weighted by atomic mass is 16.6. The van der Waals surface area contributed by atoms with Crippen LogP contribution in [0.1, 0.15) is 72.1 Å². The van der Waals surface area contributed by atoms with E-state index in [4.69, 9.17) is 4.74 Å². The second kappa shape index (κ2) is 7.42. The molecule has 0 aromatic heterocycles. The van der Waals surface area contributed by atoms with Crippen molar-refractivity contribution in [3.05, 3.63) is 11.6 Å². The predicted molar refractivity (Wildman–Crippen MR) is 110 cm³/mol. The van der Waals surface area contributed by atoms with Crippen molar-refractivity contribution < 1.29 is 29.6 Å². The molecule has 30 heavy (non-hydrogen) atoms. The molecule has 0 radical (unpaired) electrons. The Hall–Kier alpha value is -1.24. The van der Waals surface area contributed by atoms with Gasteiger partial charge >= 0.3 is 5.97 Å². The van der Waals surface area contributed by atoms with Gasteiger partial charge in [0.05, 0.1) is 12.2 Å². The third kappa shape index (κ3) is 2.86. The van der Waals surface area contributed by atoms with Crippen molar-refractivity contribution in [3.8, 4) is 0 Å². The second-order valence-corrected chi connectivity index (χ2v) is 10.5. The molecule has 6 heteroatoms. The quantitative estimate of drug-likeness (QED) is 0.477. The molecule has 3 saturated carbocycles. The predicted octanol–water partition coefficient (Wildman–Crippen LogP) is 2.53. The fraction of sp³-hybridized carbons (Fsp3) is 0.833. The number of esters is 1. The first kappa shape index (κ1) is 22.0. The van der Waals surface area contributed by atoms with Gasteiger partial charge in [-0.05, 0) is 68.1 Å². The molecule has 3 N–H and O–H groups in total. The van der Waals surface area contributed by atoms with Crippen LogP contribution in [0.4, 0.5) is 0 Å². The zero-order valence-corrected chi connectivity index (χ0v) is 18.4. The first-order chi connectivity index (χ1) is 14.1. The van der Waals surface area contributed by atoms with Gasteiger partial charge < -0.3 is 20.1 Å². The average molecular weight is 421 g/mol. The van der Waals surface area contributed by atoms with Crippen molar-refractivity contribution in [3.63, 3.8) is 0 Å². The maximum absolute atomic E-state index is 13.0. The van der Waals surface area contributed by atoms with E-state index in [9.17, 15) is 24.9 Å². The molecule has 1 unspecified atom stereocenters. The minimum Gasteiger partial charge on any atom is -0.450 e. The zero-order valence-electron chi connectivity index (χ0n) is 18.4. The molecule has 0 bridgehead atoms. The standard InChI is InChI=1S/C24H36O6/c1-4-20(29)30-24(19(28)13-25)10-8-17-16-6-5-14-11-15(26)7-9-22(14,2)21(16)18(27)12-23(17,24)3/h11,15-18,21,25-27H,4-10,12-13H2,1-3H3/t15?,16-,17-,18-,21+,22-,23-,24-/m0/s1. The number of carbonyl (C=O) groups excluding carboxylic acids is 2. The second-order valence-electron chi connectivity index (χ2n) is 10.5. The van der Waals surface area contributed by atoms with Crippen LogP contribution in [-0.4, -0.2) is 51.5 Å². The average Bonchev–Trinajstić information content (AvgIpc) is 3.00. The van der Waals surface area contributed by atoms with Crippen molar-refractivity contribution in [2.24, 2.45) is 28.6 Å². The summed E-state index contributed by atoms with van der Waals surface area (Å²) < 4.78 is 5.84. The Kier molecular flexibility index (Phi) is 5.43. The van der Waals surface area contributed by atoms with E-state index in [1.54, 1.807) is 6.92 Å². The molecule has 0 amide bonds. The van der Waals surface area contributed by atoms with Crippen LogP contribution in [-0.2, 0) is 14.3 Å². The molecule has 8 atom stereocenters. The number of hydrogen-bond acceptors (Lipinski definition) is 6. The maximum Gasteiger partial charge on any atom is 0.306 e. The number of aliphatic hydroxyl groups is 3. The fourth-order valence-corrected chi connectivity index (χ4v) is 7.90. The Balaban J connectivity index is 1.74. The van der Waals surface area contributed by atoms with Gasteiger partial charge in [0.15, 0.2) is 5.60 Å². The summed E-state index contributed by atoms with van der Waals surface area (Å²) >= 11 is 0. The van der Waals surface area contributed by atoms with Crippen molar-refractivity contribution in [1.82, 2.24) is 0 Å². The summed E-state index contributed by atoms with van der Waals surface area (Å²) in [4.78, 5) is 25.3. The van der Waals surface area contributed by atoms with Crippen molar-refractivity contribution in [2.75, 3.05) is 6.61 Å². The summed E-state index contributed by atoms with van der Waals surface area (Å²) in [5, 5.41) is 31.3. The van der Waals surface area contributed by atoms with Crippen LogP contribution in [0.15, 0.2) is 11.6 Å². The highest BCUT2D eigenvalue weighted by Gasteiger charge is 2.70. The first-order valence-electron chi connectivity index (χ1n) is 11.6. The normalized spacial score (nSPS) is 47.5. The van der Waals surface area contributed by atoms with Gasteiger partial charge in [-0.15, -0.1) is 0 Å². The molecule has 6 nitrogen and oxygen atoms in total. The van der Waals surface area contributed by atoms with Crippen LogP contribution in [0.2, 0.25) is 0 Å². The molecule has 0 aromatic carbocycles. The summed E-state index contributed by atoms with van der Waals surface area (Å²) in [5.74, 6) is -0.424. The number of ketones is 1. The van der Waals surface area contributed by atoms with E-state index in [2.05, 4.69) is 6.92 Å². The zero-order chi connectivity index (χ0) is 21.9. The number of fused-ring (bicyclic) bond motifs is 5. The molecule has 3 fully saturated rings. The third-order valence-electron chi connectivity index (χ3n) is 9.31. The molecule has 0 heterocycles. The topological polar surface area (TPSA) is 104 Å². The molecule has 0 aliphatic heterocycles. The van der Waals surface area contributed by atoms with E-state index in [0.29, 0.717) is 19.3 Å². The highest BCUT2D eigenvalue weighted by molar-refractivity contribution is 5.92. The molecule has 168 valence electrons. The number of allylic oxidation sites excluding steroid dienone is 1. The van der Waals surface area contributed by atoms with E-state index in [1.165, 1.54) is 5.57 Å². The van der Waals surface area contributed by atoms with Gasteiger partial charge in [-0.25, -0.2) is 0 Å². The van der Waals surface area contributed by atoms with Crippen LogP contribution < -0.4 is 0 Å². The number of ether oxygens (including phenoxy) is 1. The smallest absolute Gasteiger partial charge is 0.306 e. The largest absolute Gasteiger partial charge is 0.450 e. The van der Waals surface area contributed by atoms with E-state index >= 15 is 0 Å².